The van der Waals surface area contributed by atoms with E-state index in [4.69, 9.17) is 0 Å². The maximum atomic E-state index is 12.3. The molecule has 0 unspecified atom stereocenters. The number of carbonyl (C=O) groups excluding carboxylic acids is 1. The van der Waals surface area contributed by atoms with E-state index in [1.807, 2.05) is 42.5 Å². The molecular weight excluding hydrogens is 328 g/mol. The van der Waals surface area contributed by atoms with Gasteiger partial charge in [-0.25, -0.2) is 0 Å². The van der Waals surface area contributed by atoms with Gasteiger partial charge in [0.25, 0.3) is 0 Å². The van der Waals surface area contributed by atoms with Crippen molar-refractivity contribution in [2.45, 2.75) is 6.92 Å². The fourth-order valence-electron chi connectivity index (χ4n) is 3.37. The first-order valence-corrected chi connectivity index (χ1v) is 9.08. The van der Waals surface area contributed by atoms with Crippen LogP contribution in [0.5, 0.6) is 0 Å². The van der Waals surface area contributed by atoms with E-state index in [0.29, 0.717) is 0 Å². The van der Waals surface area contributed by atoms with Crippen LogP contribution in [0.25, 0.3) is 33.4 Å². The normalized spacial score (nSPS) is 10.6. The van der Waals surface area contributed by atoms with Crippen LogP contribution in [0.2, 0.25) is 0 Å². The molecule has 0 fully saturated rings. The largest absolute Gasteiger partial charge is 0.294 e. The lowest BCUT2D eigenvalue weighted by atomic mass is 9.92. The van der Waals surface area contributed by atoms with Crippen LogP contribution in [0.3, 0.4) is 0 Å². The van der Waals surface area contributed by atoms with Crippen molar-refractivity contribution in [3.63, 3.8) is 0 Å². The third-order valence-corrected chi connectivity index (χ3v) is 4.81. The molecule has 0 saturated carbocycles. The van der Waals surface area contributed by atoms with Crippen molar-refractivity contribution in [2.24, 2.45) is 0 Å². The topological polar surface area (TPSA) is 17.1 Å². The van der Waals surface area contributed by atoms with Crippen molar-refractivity contribution < 1.29 is 4.79 Å². The molecule has 0 aliphatic rings. The van der Waals surface area contributed by atoms with E-state index in [2.05, 4.69) is 60.7 Å². The average molecular weight is 348 g/mol. The predicted molar refractivity (Wildman–Crippen MR) is 113 cm³/mol. The maximum Gasteiger partial charge on any atom is 0.160 e. The smallest absolute Gasteiger partial charge is 0.160 e. The van der Waals surface area contributed by atoms with Crippen LogP contribution < -0.4 is 0 Å². The molecule has 4 aromatic carbocycles. The lowest BCUT2D eigenvalue weighted by Crippen LogP contribution is -1.97. The third-order valence-electron chi connectivity index (χ3n) is 4.81. The third kappa shape index (κ3) is 3.58. The van der Waals surface area contributed by atoms with Crippen molar-refractivity contribution in [1.82, 2.24) is 0 Å². The summed E-state index contributed by atoms with van der Waals surface area (Å²) in [4.78, 5) is 12.3. The number of hydrogen-bond donors (Lipinski definition) is 0. The van der Waals surface area contributed by atoms with Crippen LogP contribution in [0.15, 0.2) is 103 Å². The number of carbonyl (C=O) groups is 1. The first-order chi connectivity index (χ1) is 13.2. The van der Waals surface area contributed by atoms with Gasteiger partial charge in [0.15, 0.2) is 5.78 Å². The fourth-order valence-corrected chi connectivity index (χ4v) is 3.37. The molecule has 130 valence electrons. The number of hydrogen-bond acceptors (Lipinski definition) is 1. The molecule has 0 bridgehead atoms. The minimum Gasteiger partial charge on any atom is -0.294 e. The van der Waals surface area contributed by atoms with Gasteiger partial charge in [-0.1, -0.05) is 97.1 Å². The minimum absolute atomic E-state index is 0.0786. The molecule has 0 heterocycles. The SMILES string of the molecule is CC(=O)c1cc(-c2ccccc2)ccc1-c1ccc(-c2ccccc2)cc1. The van der Waals surface area contributed by atoms with E-state index in [-0.39, 0.29) is 5.78 Å². The van der Waals surface area contributed by atoms with E-state index in [1.54, 1.807) is 6.92 Å². The van der Waals surface area contributed by atoms with Crippen molar-refractivity contribution in [2.75, 3.05) is 0 Å². The van der Waals surface area contributed by atoms with Crippen molar-refractivity contribution in [1.29, 1.82) is 0 Å². The summed E-state index contributed by atoms with van der Waals surface area (Å²) in [6.45, 7) is 1.63. The van der Waals surface area contributed by atoms with Crippen molar-refractivity contribution in [3.05, 3.63) is 109 Å². The van der Waals surface area contributed by atoms with Crippen LogP contribution in [0.4, 0.5) is 0 Å². The summed E-state index contributed by atoms with van der Waals surface area (Å²) in [6, 6.07) is 35.0. The van der Waals surface area contributed by atoms with Crippen molar-refractivity contribution >= 4 is 5.78 Å². The highest BCUT2D eigenvalue weighted by molar-refractivity contribution is 6.02. The summed E-state index contributed by atoms with van der Waals surface area (Å²) >= 11 is 0. The summed E-state index contributed by atoms with van der Waals surface area (Å²) < 4.78 is 0. The summed E-state index contributed by atoms with van der Waals surface area (Å²) in [6.07, 6.45) is 0. The Balaban J connectivity index is 1.74. The summed E-state index contributed by atoms with van der Waals surface area (Å²) in [5.41, 5.74) is 7.32. The van der Waals surface area contributed by atoms with Gasteiger partial charge in [0.2, 0.25) is 0 Å². The standard InChI is InChI=1S/C26H20O/c1-19(27)26-18-24(21-10-6-3-7-11-21)16-17-25(26)23-14-12-22(13-15-23)20-8-4-2-5-9-20/h2-18H,1H3. The molecule has 0 aromatic heterocycles. The molecule has 0 amide bonds. The Bertz CT molecular complexity index is 1060. The highest BCUT2D eigenvalue weighted by atomic mass is 16.1. The summed E-state index contributed by atoms with van der Waals surface area (Å²) in [5, 5.41) is 0. The Morgan fingerprint density at radius 3 is 1.52 bits per heavy atom. The summed E-state index contributed by atoms with van der Waals surface area (Å²) in [5.74, 6) is 0.0786. The Hall–Kier alpha value is -3.45. The molecule has 0 saturated heterocycles. The second kappa shape index (κ2) is 7.43. The molecule has 4 rings (SSSR count). The lowest BCUT2D eigenvalue weighted by molar-refractivity contribution is 0.101. The quantitative estimate of drug-likeness (QED) is 0.367. The maximum absolute atomic E-state index is 12.3. The molecule has 0 atom stereocenters. The number of rotatable bonds is 4. The monoisotopic (exact) mass is 348 g/mol. The molecule has 27 heavy (non-hydrogen) atoms. The van der Waals surface area contributed by atoms with Gasteiger partial charge in [0, 0.05) is 5.56 Å². The fraction of sp³-hybridized carbons (Fsp3) is 0.0385. The van der Waals surface area contributed by atoms with Gasteiger partial charge < -0.3 is 0 Å². The second-order valence-corrected chi connectivity index (χ2v) is 6.63. The molecule has 1 nitrogen and oxygen atoms in total. The Morgan fingerprint density at radius 1 is 0.519 bits per heavy atom. The second-order valence-electron chi connectivity index (χ2n) is 6.63. The highest BCUT2D eigenvalue weighted by Gasteiger charge is 2.11. The van der Waals surface area contributed by atoms with E-state index in [9.17, 15) is 4.79 Å². The first kappa shape index (κ1) is 17.0. The minimum atomic E-state index is 0.0786. The van der Waals surface area contributed by atoms with E-state index < -0.39 is 0 Å². The molecule has 0 N–H and O–H groups in total. The molecule has 0 radical (unpaired) electrons. The molecular formula is C26H20O. The van der Waals surface area contributed by atoms with Gasteiger partial charge in [0.05, 0.1) is 0 Å². The zero-order chi connectivity index (χ0) is 18.6. The van der Waals surface area contributed by atoms with Crippen LogP contribution in [-0.4, -0.2) is 5.78 Å². The molecule has 0 spiro atoms. The predicted octanol–water partition coefficient (Wildman–Crippen LogP) is 6.89. The Morgan fingerprint density at radius 2 is 0.963 bits per heavy atom. The van der Waals surface area contributed by atoms with Crippen LogP contribution in [0.1, 0.15) is 17.3 Å². The number of Topliss-reactive ketones (excluding diaryl/α,β-unsaturated/α-hetero) is 1. The van der Waals surface area contributed by atoms with Gasteiger partial charge in [0.1, 0.15) is 0 Å². The highest BCUT2D eigenvalue weighted by Crippen LogP contribution is 2.31. The Labute approximate surface area is 159 Å². The van der Waals surface area contributed by atoms with Crippen molar-refractivity contribution in [3.8, 4) is 33.4 Å². The van der Waals surface area contributed by atoms with E-state index in [0.717, 1.165) is 27.8 Å². The van der Waals surface area contributed by atoms with E-state index >= 15 is 0 Å². The van der Waals surface area contributed by atoms with Gasteiger partial charge in [-0.2, -0.15) is 0 Å². The first-order valence-electron chi connectivity index (χ1n) is 9.08. The molecule has 1 heteroatoms. The lowest BCUT2D eigenvalue weighted by Gasteiger charge is -2.11. The van der Waals surface area contributed by atoms with Gasteiger partial charge in [-0.3, -0.25) is 4.79 Å². The van der Waals surface area contributed by atoms with E-state index in [1.165, 1.54) is 11.1 Å². The van der Waals surface area contributed by atoms with Crippen LogP contribution in [0, 0.1) is 0 Å². The van der Waals surface area contributed by atoms with Crippen LogP contribution >= 0.6 is 0 Å². The average Bonchev–Trinajstić information content (AvgIpc) is 2.75. The molecule has 0 aliphatic heterocycles. The zero-order valence-electron chi connectivity index (χ0n) is 15.2. The summed E-state index contributed by atoms with van der Waals surface area (Å²) in [7, 11) is 0. The molecule has 4 aromatic rings. The van der Waals surface area contributed by atoms with Gasteiger partial charge in [-0.05, 0) is 46.4 Å². The molecule has 0 aliphatic carbocycles. The Kier molecular flexibility index (Phi) is 4.67. The number of ketones is 1. The van der Waals surface area contributed by atoms with Crippen LogP contribution in [-0.2, 0) is 0 Å². The van der Waals surface area contributed by atoms with Gasteiger partial charge >= 0.3 is 0 Å². The zero-order valence-corrected chi connectivity index (χ0v) is 15.2. The number of benzene rings is 4. The van der Waals surface area contributed by atoms with Gasteiger partial charge in [-0.15, -0.1) is 0 Å².